The third-order valence-corrected chi connectivity index (χ3v) is 2.31. The number of aromatic nitrogens is 3. The van der Waals surface area contributed by atoms with Crippen LogP contribution in [0.3, 0.4) is 0 Å². The maximum Gasteiger partial charge on any atom is 0.267 e. The third-order valence-electron chi connectivity index (χ3n) is 2.31. The minimum Gasteiger partial charge on any atom is -0.268 e. The Morgan fingerprint density at radius 2 is 2.14 bits per heavy atom. The minimum absolute atomic E-state index is 0.0619. The van der Waals surface area contributed by atoms with E-state index in [1.165, 1.54) is 0 Å². The van der Waals surface area contributed by atoms with Crippen molar-refractivity contribution in [2.45, 2.75) is 13.8 Å². The van der Waals surface area contributed by atoms with Gasteiger partial charge in [0.25, 0.3) is 5.56 Å². The number of aromatic amines is 1. The summed E-state index contributed by atoms with van der Waals surface area (Å²) in [5.74, 6) is 0.732. The van der Waals surface area contributed by atoms with E-state index in [2.05, 4.69) is 10.1 Å². The minimum atomic E-state index is -0.0619. The van der Waals surface area contributed by atoms with Crippen molar-refractivity contribution >= 4 is 0 Å². The van der Waals surface area contributed by atoms with Crippen LogP contribution in [0, 0.1) is 13.8 Å². The second-order valence-electron chi connectivity index (χ2n) is 3.17. The molecule has 0 aliphatic carbocycles. The fraction of sp³-hybridized carbons (Fsp3) is 0.200. The Labute approximate surface area is 81.2 Å². The van der Waals surface area contributed by atoms with E-state index in [-0.39, 0.29) is 5.56 Å². The summed E-state index contributed by atoms with van der Waals surface area (Å²) in [5, 5.41) is 2.73. The van der Waals surface area contributed by atoms with Crippen molar-refractivity contribution in [1.29, 1.82) is 0 Å². The Hall–Kier alpha value is -1.84. The van der Waals surface area contributed by atoms with Gasteiger partial charge in [-0.3, -0.25) is 9.89 Å². The Kier molecular flexibility index (Phi) is 1.96. The highest BCUT2D eigenvalue weighted by Crippen LogP contribution is 2.06. The molecule has 0 fully saturated rings. The van der Waals surface area contributed by atoms with Crippen LogP contribution in [-0.4, -0.2) is 14.8 Å². The summed E-state index contributed by atoms with van der Waals surface area (Å²) in [6.07, 6.45) is 1.70. The second-order valence-corrected chi connectivity index (χ2v) is 3.17. The maximum absolute atomic E-state index is 11.3. The zero-order chi connectivity index (χ0) is 10.1. The van der Waals surface area contributed by atoms with Gasteiger partial charge in [0.1, 0.15) is 0 Å². The number of pyridine rings is 1. The molecule has 0 saturated heterocycles. The van der Waals surface area contributed by atoms with Crippen LogP contribution < -0.4 is 5.56 Å². The molecule has 2 rings (SSSR count). The number of hydrogen-bond donors (Lipinski definition) is 1. The molecule has 72 valence electrons. The average Bonchev–Trinajstić information content (AvgIpc) is 2.47. The molecular formula is C10H11N3O. The molecule has 0 aliphatic heterocycles. The van der Waals surface area contributed by atoms with Crippen molar-refractivity contribution in [3.8, 4) is 5.82 Å². The first-order valence-corrected chi connectivity index (χ1v) is 4.40. The average molecular weight is 189 g/mol. The van der Waals surface area contributed by atoms with Gasteiger partial charge >= 0.3 is 0 Å². The van der Waals surface area contributed by atoms with Gasteiger partial charge in [0, 0.05) is 17.5 Å². The summed E-state index contributed by atoms with van der Waals surface area (Å²) in [7, 11) is 0. The van der Waals surface area contributed by atoms with Gasteiger partial charge < -0.3 is 0 Å². The molecule has 4 nitrogen and oxygen atoms in total. The highest BCUT2D eigenvalue weighted by molar-refractivity contribution is 5.27. The van der Waals surface area contributed by atoms with E-state index in [0.717, 1.165) is 17.1 Å². The van der Waals surface area contributed by atoms with Crippen molar-refractivity contribution in [3.63, 3.8) is 0 Å². The number of nitrogens with zero attached hydrogens (tertiary/aromatic N) is 2. The zero-order valence-corrected chi connectivity index (χ0v) is 8.11. The number of H-pyrrole nitrogens is 1. The largest absolute Gasteiger partial charge is 0.268 e. The molecule has 2 aromatic heterocycles. The van der Waals surface area contributed by atoms with Crippen LogP contribution in [0.2, 0.25) is 0 Å². The van der Waals surface area contributed by atoms with Crippen LogP contribution >= 0.6 is 0 Å². The molecular weight excluding hydrogens is 178 g/mol. The van der Waals surface area contributed by atoms with Crippen LogP contribution in [-0.2, 0) is 0 Å². The van der Waals surface area contributed by atoms with Crippen molar-refractivity contribution in [2.24, 2.45) is 0 Å². The lowest BCUT2D eigenvalue weighted by Gasteiger charge is -2.02. The smallest absolute Gasteiger partial charge is 0.267 e. The lowest BCUT2D eigenvalue weighted by atomic mass is 10.3. The molecule has 0 unspecified atom stereocenters. The van der Waals surface area contributed by atoms with E-state index < -0.39 is 0 Å². The first-order valence-electron chi connectivity index (χ1n) is 4.40. The van der Waals surface area contributed by atoms with E-state index in [9.17, 15) is 4.79 Å². The van der Waals surface area contributed by atoms with Crippen molar-refractivity contribution < 1.29 is 0 Å². The van der Waals surface area contributed by atoms with Crippen LogP contribution in [0.1, 0.15) is 11.3 Å². The number of rotatable bonds is 1. The summed E-state index contributed by atoms with van der Waals surface area (Å²) in [5.41, 5.74) is 1.57. The van der Waals surface area contributed by atoms with Crippen LogP contribution in [0.25, 0.3) is 5.82 Å². The molecule has 2 aromatic rings. The fourth-order valence-electron chi connectivity index (χ4n) is 1.32. The maximum atomic E-state index is 11.3. The topological polar surface area (TPSA) is 50.7 Å². The zero-order valence-electron chi connectivity index (χ0n) is 8.11. The van der Waals surface area contributed by atoms with Crippen molar-refractivity contribution in [1.82, 2.24) is 14.8 Å². The van der Waals surface area contributed by atoms with E-state index >= 15 is 0 Å². The van der Waals surface area contributed by atoms with E-state index in [1.54, 1.807) is 17.8 Å². The van der Waals surface area contributed by atoms with Gasteiger partial charge in [0.15, 0.2) is 5.82 Å². The normalized spacial score (nSPS) is 10.4. The Balaban J connectivity index is 2.64. The number of hydrogen-bond acceptors (Lipinski definition) is 2. The first kappa shape index (κ1) is 8.74. The second kappa shape index (κ2) is 3.14. The summed E-state index contributed by atoms with van der Waals surface area (Å²) < 4.78 is 1.69. The highest BCUT2D eigenvalue weighted by atomic mass is 16.1. The molecule has 0 spiro atoms. The van der Waals surface area contributed by atoms with Gasteiger partial charge in [-0.25, -0.2) is 9.67 Å². The predicted molar refractivity (Wildman–Crippen MR) is 53.7 cm³/mol. The Morgan fingerprint density at radius 1 is 1.36 bits per heavy atom. The number of nitrogens with one attached hydrogen (secondary N) is 1. The van der Waals surface area contributed by atoms with Gasteiger partial charge in [0.2, 0.25) is 0 Å². The molecule has 0 aliphatic rings. The monoisotopic (exact) mass is 189 g/mol. The van der Waals surface area contributed by atoms with Gasteiger partial charge in [-0.15, -0.1) is 0 Å². The van der Waals surface area contributed by atoms with E-state index in [4.69, 9.17) is 0 Å². The van der Waals surface area contributed by atoms with E-state index in [0.29, 0.717) is 0 Å². The molecule has 0 amide bonds. The fourth-order valence-corrected chi connectivity index (χ4v) is 1.32. The summed E-state index contributed by atoms with van der Waals surface area (Å²) in [6, 6.07) is 5.57. The Bertz CT molecular complexity index is 496. The van der Waals surface area contributed by atoms with Crippen molar-refractivity contribution in [2.75, 3.05) is 0 Å². The summed E-state index contributed by atoms with van der Waals surface area (Å²) >= 11 is 0. The molecule has 0 bridgehead atoms. The molecule has 0 radical (unpaired) electrons. The van der Waals surface area contributed by atoms with Crippen LogP contribution in [0.15, 0.2) is 29.2 Å². The lowest BCUT2D eigenvalue weighted by Crippen LogP contribution is -2.06. The molecule has 0 aromatic carbocycles. The third kappa shape index (κ3) is 1.25. The van der Waals surface area contributed by atoms with Gasteiger partial charge in [-0.05, 0) is 26.0 Å². The summed E-state index contributed by atoms with van der Waals surface area (Å²) in [6.45, 7) is 3.69. The standard InChI is InChI=1S/C10H11N3O/c1-7-8(2)13(12-10(7)14)9-5-3-4-6-11-9/h3-6H,1-2H3,(H,12,14). The Morgan fingerprint density at radius 3 is 2.64 bits per heavy atom. The highest BCUT2D eigenvalue weighted by Gasteiger charge is 2.07. The molecule has 2 heterocycles. The van der Waals surface area contributed by atoms with Crippen LogP contribution in [0.4, 0.5) is 0 Å². The molecule has 0 atom stereocenters. The van der Waals surface area contributed by atoms with Gasteiger partial charge in [-0.2, -0.15) is 0 Å². The van der Waals surface area contributed by atoms with Crippen molar-refractivity contribution in [3.05, 3.63) is 46.0 Å². The molecule has 0 saturated carbocycles. The molecule has 1 N–H and O–H groups in total. The molecule has 4 heteroatoms. The quantitative estimate of drug-likeness (QED) is 0.732. The van der Waals surface area contributed by atoms with E-state index in [1.807, 2.05) is 25.1 Å². The first-order chi connectivity index (χ1) is 6.70. The SMILES string of the molecule is Cc1c(C)n(-c2ccccn2)[nH]c1=O. The van der Waals surface area contributed by atoms with Crippen LogP contribution in [0.5, 0.6) is 0 Å². The molecule has 14 heavy (non-hydrogen) atoms. The summed E-state index contributed by atoms with van der Waals surface area (Å²) in [4.78, 5) is 15.5. The predicted octanol–water partition coefficient (Wildman–Crippen LogP) is 1.18. The van der Waals surface area contributed by atoms with Gasteiger partial charge in [-0.1, -0.05) is 6.07 Å². The lowest BCUT2D eigenvalue weighted by molar-refractivity contribution is 0.806. The van der Waals surface area contributed by atoms with Gasteiger partial charge in [0.05, 0.1) is 0 Å².